The van der Waals surface area contributed by atoms with Gasteiger partial charge in [-0.25, -0.2) is 4.68 Å². The maximum absolute atomic E-state index is 9.37. The lowest BCUT2D eigenvalue weighted by Crippen LogP contribution is -2.41. The fourth-order valence-corrected chi connectivity index (χ4v) is 4.59. The Bertz CT molecular complexity index is 1080. The Kier molecular flexibility index (Phi) is 7.61. The van der Waals surface area contributed by atoms with E-state index in [1.165, 1.54) is 11.1 Å². The molecule has 0 saturated heterocycles. The van der Waals surface area contributed by atoms with Crippen molar-refractivity contribution in [2.24, 2.45) is 5.41 Å². The summed E-state index contributed by atoms with van der Waals surface area (Å²) < 4.78 is 8.47. The van der Waals surface area contributed by atoms with Crippen molar-refractivity contribution >= 4 is 6.08 Å². The molecule has 5 heteroatoms. The van der Waals surface area contributed by atoms with Gasteiger partial charge in [0, 0.05) is 17.2 Å². The van der Waals surface area contributed by atoms with Gasteiger partial charge < -0.3 is 4.74 Å². The molecule has 32 heavy (non-hydrogen) atoms. The van der Waals surface area contributed by atoms with E-state index in [2.05, 4.69) is 49.6 Å². The van der Waals surface area contributed by atoms with Crippen LogP contribution in [0, 0.1) is 16.7 Å². The number of nitriles is 1. The highest BCUT2D eigenvalue weighted by Gasteiger charge is 2.42. The molecule has 0 aliphatic heterocycles. The van der Waals surface area contributed by atoms with Crippen molar-refractivity contribution in [1.82, 2.24) is 14.8 Å². The van der Waals surface area contributed by atoms with Crippen LogP contribution in [0.25, 0.3) is 11.8 Å². The summed E-state index contributed by atoms with van der Waals surface area (Å²) in [4.78, 5) is 4.24. The van der Waals surface area contributed by atoms with Gasteiger partial charge in [0.1, 0.15) is 0 Å². The highest BCUT2D eigenvalue weighted by Crippen LogP contribution is 2.46. The lowest BCUT2D eigenvalue weighted by atomic mass is 9.66. The molecule has 2 aromatic heterocycles. The van der Waals surface area contributed by atoms with Gasteiger partial charge in [0.25, 0.3) is 0 Å². The van der Waals surface area contributed by atoms with Crippen LogP contribution < -0.4 is 0 Å². The zero-order chi connectivity index (χ0) is 23.1. The second kappa shape index (κ2) is 10.4. The average Bonchev–Trinajstić information content (AvgIpc) is 3.23. The molecule has 2 atom stereocenters. The fraction of sp³-hybridized carbons (Fsp3) is 0.370. The Morgan fingerprint density at radius 1 is 1.41 bits per heavy atom. The molecule has 0 bridgehead atoms. The molecule has 2 heterocycles. The third-order valence-electron chi connectivity index (χ3n) is 6.56. The van der Waals surface area contributed by atoms with Crippen LogP contribution in [0.5, 0.6) is 0 Å². The molecule has 1 aliphatic carbocycles. The van der Waals surface area contributed by atoms with Gasteiger partial charge in [-0.15, -0.1) is 0 Å². The molecule has 0 radical (unpaired) electrons. The Labute approximate surface area is 191 Å². The normalized spacial score (nSPS) is 19.7. The summed E-state index contributed by atoms with van der Waals surface area (Å²) >= 11 is 0. The molecule has 0 fully saturated rings. The number of allylic oxidation sites excluding steroid dienone is 3. The molecular formula is C27H32N4O. The molecule has 2 unspecified atom stereocenters. The minimum Gasteiger partial charge on any atom is -0.373 e. The molecule has 166 valence electrons. The van der Waals surface area contributed by atoms with Gasteiger partial charge >= 0.3 is 0 Å². The van der Waals surface area contributed by atoms with Crippen LogP contribution in [0.2, 0.25) is 0 Å². The highest BCUT2D eigenvalue weighted by molar-refractivity contribution is 5.60. The first-order valence-electron chi connectivity index (χ1n) is 11.2. The number of fused-ring (bicyclic) bond motifs is 1. The maximum Gasteiger partial charge on any atom is 0.0947 e. The standard InChI is InChI=1S/C27H32N4O/c1-6-9-11-22(20(4)16-28)19-32-26(7-2)27(8-3)15-23-17-30-31(25(23)14-21(27)5)24-12-10-13-29-18-24/h6,9-14,17-18,26H,1,7-8,15,19H2,2-5H3/b11-9-,22-20-. The van der Waals surface area contributed by atoms with Gasteiger partial charge in [-0.3, -0.25) is 4.98 Å². The van der Waals surface area contributed by atoms with Gasteiger partial charge in [-0.05, 0) is 62.5 Å². The largest absolute Gasteiger partial charge is 0.373 e. The summed E-state index contributed by atoms with van der Waals surface area (Å²) in [5.41, 5.74) is 6.04. The first-order valence-corrected chi connectivity index (χ1v) is 11.2. The number of nitrogens with zero attached hydrogens (tertiary/aromatic N) is 4. The fourth-order valence-electron chi connectivity index (χ4n) is 4.59. The minimum atomic E-state index is -0.113. The van der Waals surface area contributed by atoms with Crippen LogP contribution in [0.4, 0.5) is 0 Å². The lowest BCUT2D eigenvalue weighted by Gasteiger charge is -2.43. The predicted molar refractivity (Wildman–Crippen MR) is 129 cm³/mol. The van der Waals surface area contributed by atoms with Crippen LogP contribution in [0.3, 0.4) is 0 Å². The summed E-state index contributed by atoms with van der Waals surface area (Å²) in [5, 5.41) is 14.0. The van der Waals surface area contributed by atoms with Crippen molar-refractivity contribution in [1.29, 1.82) is 5.26 Å². The molecule has 1 aliphatic rings. The lowest BCUT2D eigenvalue weighted by molar-refractivity contribution is -0.0183. The van der Waals surface area contributed by atoms with Crippen LogP contribution in [0.1, 0.15) is 51.8 Å². The Hall–Kier alpha value is -3.23. The van der Waals surface area contributed by atoms with Crippen molar-refractivity contribution in [3.63, 3.8) is 0 Å². The van der Waals surface area contributed by atoms with Crippen LogP contribution in [-0.2, 0) is 11.2 Å². The topological polar surface area (TPSA) is 63.7 Å². The zero-order valence-electron chi connectivity index (χ0n) is 19.5. The summed E-state index contributed by atoms with van der Waals surface area (Å²) in [6, 6.07) is 6.19. The van der Waals surface area contributed by atoms with Crippen molar-refractivity contribution < 1.29 is 4.74 Å². The van der Waals surface area contributed by atoms with E-state index < -0.39 is 0 Å². The first-order chi connectivity index (χ1) is 15.5. The van der Waals surface area contributed by atoms with Crippen molar-refractivity contribution in [3.05, 3.63) is 83.5 Å². The van der Waals surface area contributed by atoms with E-state index in [1.807, 2.05) is 48.3 Å². The Morgan fingerprint density at radius 2 is 2.22 bits per heavy atom. The number of ether oxygens (including phenoxy) is 1. The van der Waals surface area contributed by atoms with E-state index in [0.717, 1.165) is 36.2 Å². The molecular weight excluding hydrogens is 396 g/mol. The highest BCUT2D eigenvalue weighted by atomic mass is 16.5. The number of pyridine rings is 1. The van der Waals surface area contributed by atoms with Crippen molar-refractivity contribution in [3.8, 4) is 11.8 Å². The molecule has 2 aromatic rings. The van der Waals surface area contributed by atoms with Crippen LogP contribution >= 0.6 is 0 Å². The van der Waals surface area contributed by atoms with E-state index >= 15 is 0 Å². The SMILES string of the molecule is C=C/C=C\C(COC(CC)C1(CC)Cc2cnn(-c3cccnc3)c2C=C1C)=C(/C)C#N. The summed E-state index contributed by atoms with van der Waals surface area (Å²) in [5.74, 6) is 0. The summed E-state index contributed by atoms with van der Waals surface area (Å²) in [6.07, 6.45) is 16.0. The monoisotopic (exact) mass is 428 g/mol. The number of hydrogen-bond donors (Lipinski definition) is 0. The van der Waals surface area contributed by atoms with E-state index in [1.54, 1.807) is 12.3 Å². The van der Waals surface area contributed by atoms with Crippen molar-refractivity contribution in [2.75, 3.05) is 6.61 Å². The van der Waals surface area contributed by atoms with Crippen molar-refractivity contribution in [2.45, 2.75) is 53.1 Å². The Balaban J connectivity index is 1.92. The zero-order valence-corrected chi connectivity index (χ0v) is 19.5. The van der Waals surface area contributed by atoms with E-state index in [9.17, 15) is 5.26 Å². The third-order valence-corrected chi connectivity index (χ3v) is 6.56. The molecule has 5 nitrogen and oxygen atoms in total. The number of aromatic nitrogens is 3. The summed E-state index contributed by atoms with van der Waals surface area (Å²) in [6.45, 7) is 12.6. The average molecular weight is 429 g/mol. The van der Waals surface area contributed by atoms with E-state index in [-0.39, 0.29) is 11.5 Å². The van der Waals surface area contributed by atoms with Crippen LogP contribution in [0.15, 0.2) is 72.2 Å². The van der Waals surface area contributed by atoms with Gasteiger partial charge in [0.05, 0.1) is 42.6 Å². The first kappa shape index (κ1) is 23.4. The second-order valence-corrected chi connectivity index (χ2v) is 8.26. The smallest absolute Gasteiger partial charge is 0.0947 e. The minimum absolute atomic E-state index is 0.0252. The molecule has 0 amide bonds. The molecule has 3 rings (SSSR count). The van der Waals surface area contributed by atoms with E-state index in [4.69, 9.17) is 4.74 Å². The molecule has 0 N–H and O–H groups in total. The van der Waals surface area contributed by atoms with Crippen LogP contribution in [-0.4, -0.2) is 27.5 Å². The van der Waals surface area contributed by atoms with Gasteiger partial charge in [-0.1, -0.05) is 44.2 Å². The second-order valence-electron chi connectivity index (χ2n) is 8.26. The van der Waals surface area contributed by atoms with Gasteiger partial charge in [0.15, 0.2) is 0 Å². The van der Waals surface area contributed by atoms with Gasteiger partial charge in [-0.2, -0.15) is 10.4 Å². The van der Waals surface area contributed by atoms with Gasteiger partial charge in [0.2, 0.25) is 0 Å². The number of hydrogen-bond acceptors (Lipinski definition) is 4. The Morgan fingerprint density at radius 3 is 2.84 bits per heavy atom. The predicted octanol–water partition coefficient (Wildman–Crippen LogP) is 6.00. The third kappa shape index (κ3) is 4.51. The quantitative estimate of drug-likeness (QED) is 0.363. The van der Waals surface area contributed by atoms with E-state index in [0.29, 0.717) is 12.2 Å². The molecule has 0 spiro atoms. The summed E-state index contributed by atoms with van der Waals surface area (Å²) in [7, 11) is 0. The molecule has 0 aromatic carbocycles. The molecule has 0 saturated carbocycles. The maximum atomic E-state index is 9.37. The number of rotatable bonds is 9.